The second-order valence-electron chi connectivity index (χ2n) is 6.75. The Kier molecular flexibility index (Phi) is 5.79. The number of nitrogens with one attached hydrogen (secondary N) is 1. The lowest BCUT2D eigenvalue weighted by Gasteiger charge is -2.10. The van der Waals surface area contributed by atoms with Gasteiger partial charge in [-0.05, 0) is 54.1 Å². The van der Waals surface area contributed by atoms with Crippen LogP contribution in [0.3, 0.4) is 0 Å². The van der Waals surface area contributed by atoms with Crippen molar-refractivity contribution in [1.29, 1.82) is 0 Å². The largest absolute Gasteiger partial charge is 0.383 e. The van der Waals surface area contributed by atoms with Gasteiger partial charge >= 0.3 is 0 Å². The number of benzene rings is 2. The molecule has 4 aromatic rings. The SMILES string of the molecule is COCCn1c(-c2ccc(F)cc2)cc2cc(NC(=O)c3ccccc3Cl)cnc21. The third-order valence-electron chi connectivity index (χ3n) is 4.77. The topological polar surface area (TPSA) is 56.1 Å². The van der Waals surface area contributed by atoms with Crippen molar-refractivity contribution in [3.05, 3.63) is 83.3 Å². The van der Waals surface area contributed by atoms with Crippen LogP contribution in [-0.4, -0.2) is 29.2 Å². The molecule has 0 spiro atoms. The second kappa shape index (κ2) is 8.65. The first-order valence-electron chi connectivity index (χ1n) is 9.37. The van der Waals surface area contributed by atoms with Gasteiger partial charge in [0.1, 0.15) is 11.5 Å². The molecule has 2 aromatic heterocycles. The summed E-state index contributed by atoms with van der Waals surface area (Å²) in [7, 11) is 1.64. The molecule has 2 aromatic carbocycles. The first-order valence-corrected chi connectivity index (χ1v) is 9.74. The summed E-state index contributed by atoms with van der Waals surface area (Å²) in [4.78, 5) is 17.1. The van der Waals surface area contributed by atoms with Gasteiger partial charge < -0.3 is 14.6 Å². The van der Waals surface area contributed by atoms with E-state index in [0.29, 0.717) is 29.4 Å². The molecule has 0 saturated heterocycles. The Bertz CT molecular complexity index is 1210. The summed E-state index contributed by atoms with van der Waals surface area (Å²) in [5, 5.41) is 4.07. The third kappa shape index (κ3) is 4.06. The van der Waals surface area contributed by atoms with Crippen molar-refractivity contribution in [1.82, 2.24) is 9.55 Å². The van der Waals surface area contributed by atoms with Crippen molar-refractivity contribution in [2.24, 2.45) is 0 Å². The number of carbonyl (C=O) groups excluding carboxylic acids is 1. The number of hydrogen-bond acceptors (Lipinski definition) is 3. The van der Waals surface area contributed by atoms with E-state index in [1.54, 1.807) is 49.7 Å². The summed E-state index contributed by atoms with van der Waals surface area (Å²) in [6.45, 7) is 1.09. The number of hydrogen-bond donors (Lipinski definition) is 1. The van der Waals surface area contributed by atoms with Crippen LogP contribution in [0.2, 0.25) is 5.02 Å². The fraction of sp³-hybridized carbons (Fsp3) is 0.130. The van der Waals surface area contributed by atoms with Crippen molar-refractivity contribution in [2.75, 3.05) is 19.0 Å². The van der Waals surface area contributed by atoms with Crippen LogP contribution in [0.4, 0.5) is 10.1 Å². The molecule has 0 atom stereocenters. The van der Waals surface area contributed by atoms with Crippen LogP contribution >= 0.6 is 11.6 Å². The van der Waals surface area contributed by atoms with E-state index < -0.39 is 0 Å². The van der Waals surface area contributed by atoms with Crippen LogP contribution < -0.4 is 5.32 Å². The van der Waals surface area contributed by atoms with E-state index in [1.165, 1.54) is 12.1 Å². The molecule has 0 saturated carbocycles. The van der Waals surface area contributed by atoms with Crippen LogP contribution in [0.15, 0.2) is 66.9 Å². The van der Waals surface area contributed by atoms with Gasteiger partial charge in [-0.2, -0.15) is 0 Å². The zero-order chi connectivity index (χ0) is 21.1. The first kappa shape index (κ1) is 20.1. The van der Waals surface area contributed by atoms with Crippen molar-refractivity contribution in [3.8, 4) is 11.3 Å². The summed E-state index contributed by atoms with van der Waals surface area (Å²) in [5.74, 6) is -0.597. The lowest BCUT2D eigenvalue weighted by molar-refractivity contribution is 0.102. The highest BCUT2D eigenvalue weighted by Crippen LogP contribution is 2.29. The Morgan fingerprint density at radius 3 is 2.67 bits per heavy atom. The predicted molar refractivity (Wildman–Crippen MR) is 116 cm³/mol. The molecule has 0 aliphatic heterocycles. The van der Waals surface area contributed by atoms with Crippen LogP contribution in [0.25, 0.3) is 22.3 Å². The maximum Gasteiger partial charge on any atom is 0.257 e. The standard InChI is InChI=1S/C23H19ClFN3O2/c1-30-11-10-28-21(15-6-8-17(25)9-7-15)13-16-12-18(14-26-22(16)28)27-23(29)19-4-2-3-5-20(19)24/h2-9,12-14H,10-11H2,1H3,(H,27,29). The van der Waals surface area contributed by atoms with E-state index in [2.05, 4.69) is 10.3 Å². The molecule has 0 fully saturated rings. The van der Waals surface area contributed by atoms with E-state index in [4.69, 9.17) is 16.3 Å². The Hall–Kier alpha value is -3.22. The van der Waals surface area contributed by atoms with Gasteiger partial charge in [-0.25, -0.2) is 9.37 Å². The van der Waals surface area contributed by atoms with Gasteiger partial charge in [0.2, 0.25) is 0 Å². The molecule has 0 unspecified atom stereocenters. The van der Waals surface area contributed by atoms with Crippen LogP contribution in [0, 0.1) is 5.82 Å². The maximum absolute atomic E-state index is 13.4. The number of halogens is 2. The normalized spacial score (nSPS) is 11.0. The fourth-order valence-electron chi connectivity index (χ4n) is 3.33. The molecule has 0 aliphatic carbocycles. The third-order valence-corrected chi connectivity index (χ3v) is 5.10. The number of pyridine rings is 1. The lowest BCUT2D eigenvalue weighted by atomic mass is 10.1. The average molecular weight is 424 g/mol. The number of ether oxygens (including phenoxy) is 1. The van der Waals surface area contributed by atoms with E-state index in [1.807, 2.05) is 16.7 Å². The number of nitrogens with zero attached hydrogens (tertiary/aromatic N) is 2. The quantitative estimate of drug-likeness (QED) is 0.452. The lowest BCUT2D eigenvalue weighted by Crippen LogP contribution is -2.12. The monoisotopic (exact) mass is 423 g/mol. The number of fused-ring (bicyclic) bond motifs is 1. The van der Waals surface area contributed by atoms with E-state index in [0.717, 1.165) is 22.3 Å². The zero-order valence-corrected chi connectivity index (χ0v) is 17.0. The molecule has 0 bridgehead atoms. The number of aromatic nitrogens is 2. The van der Waals surface area contributed by atoms with E-state index >= 15 is 0 Å². The second-order valence-corrected chi connectivity index (χ2v) is 7.16. The minimum atomic E-state index is -0.306. The van der Waals surface area contributed by atoms with Crippen molar-refractivity contribution >= 4 is 34.2 Å². The summed E-state index contributed by atoms with van der Waals surface area (Å²) in [5.41, 5.74) is 3.46. The Morgan fingerprint density at radius 2 is 1.93 bits per heavy atom. The van der Waals surface area contributed by atoms with Crippen LogP contribution in [0.5, 0.6) is 0 Å². The molecule has 4 rings (SSSR count). The highest BCUT2D eigenvalue weighted by atomic mass is 35.5. The van der Waals surface area contributed by atoms with E-state index in [-0.39, 0.29) is 11.7 Å². The molecule has 7 heteroatoms. The Morgan fingerprint density at radius 1 is 1.17 bits per heavy atom. The van der Waals surface area contributed by atoms with E-state index in [9.17, 15) is 9.18 Å². The maximum atomic E-state index is 13.4. The summed E-state index contributed by atoms with van der Waals surface area (Å²) < 4.78 is 20.6. The highest BCUT2D eigenvalue weighted by molar-refractivity contribution is 6.34. The number of amides is 1. The molecule has 1 N–H and O–H groups in total. The van der Waals surface area contributed by atoms with Gasteiger partial charge in [-0.3, -0.25) is 4.79 Å². The number of rotatable bonds is 6. The smallest absolute Gasteiger partial charge is 0.257 e. The van der Waals surface area contributed by atoms with Gasteiger partial charge in [-0.1, -0.05) is 23.7 Å². The van der Waals surface area contributed by atoms with Gasteiger partial charge in [0, 0.05) is 19.0 Å². The minimum Gasteiger partial charge on any atom is -0.383 e. The fourth-order valence-corrected chi connectivity index (χ4v) is 3.55. The van der Waals surface area contributed by atoms with Crippen LogP contribution in [-0.2, 0) is 11.3 Å². The minimum absolute atomic E-state index is 0.291. The van der Waals surface area contributed by atoms with Crippen molar-refractivity contribution in [3.63, 3.8) is 0 Å². The average Bonchev–Trinajstić information content (AvgIpc) is 3.10. The summed E-state index contributed by atoms with van der Waals surface area (Å²) >= 11 is 6.11. The molecular formula is C23H19ClFN3O2. The van der Waals surface area contributed by atoms with Gasteiger partial charge in [-0.15, -0.1) is 0 Å². The number of anilines is 1. The number of methoxy groups -OCH3 is 1. The zero-order valence-electron chi connectivity index (χ0n) is 16.2. The molecule has 5 nitrogen and oxygen atoms in total. The summed E-state index contributed by atoms with van der Waals surface area (Å²) in [6.07, 6.45) is 1.61. The Labute approximate surface area is 178 Å². The molecule has 30 heavy (non-hydrogen) atoms. The van der Waals surface area contributed by atoms with Crippen molar-refractivity contribution in [2.45, 2.75) is 6.54 Å². The first-order chi connectivity index (χ1) is 14.6. The van der Waals surface area contributed by atoms with Crippen molar-refractivity contribution < 1.29 is 13.9 Å². The molecular weight excluding hydrogens is 405 g/mol. The predicted octanol–water partition coefficient (Wildman–Crippen LogP) is 5.39. The molecule has 0 aliphatic rings. The van der Waals surface area contributed by atoms with Gasteiger partial charge in [0.05, 0.1) is 34.8 Å². The summed E-state index contributed by atoms with van der Waals surface area (Å²) in [6, 6.07) is 17.0. The Balaban J connectivity index is 1.71. The van der Waals surface area contributed by atoms with Gasteiger partial charge in [0.15, 0.2) is 0 Å². The highest BCUT2D eigenvalue weighted by Gasteiger charge is 2.15. The number of carbonyl (C=O) groups is 1. The van der Waals surface area contributed by atoms with Crippen LogP contribution in [0.1, 0.15) is 10.4 Å². The molecule has 2 heterocycles. The molecule has 152 valence electrons. The van der Waals surface area contributed by atoms with Gasteiger partial charge in [0.25, 0.3) is 5.91 Å². The molecule has 1 amide bonds. The molecule has 0 radical (unpaired) electrons.